The van der Waals surface area contributed by atoms with Gasteiger partial charge in [0.1, 0.15) is 10.7 Å². The smallest absolute Gasteiger partial charge is 0.273 e. The van der Waals surface area contributed by atoms with E-state index in [-0.39, 0.29) is 23.1 Å². The molecule has 0 radical (unpaired) electrons. The van der Waals surface area contributed by atoms with Crippen LogP contribution in [0.3, 0.4) is 0 Å². The summed E-state index contributed by atoms with van der Waals surface area (Å²) >= 11 is 1.44. The Morgan fingerprint density at radius 3 is 2.57 bits per heavy atom. The van der Waals surface area contributed by atoms with E-state index in [2.05, 4.69) is 34.1 Å². The summed E-state index contributed by atoms with van der Waals surface area (Å²) in [6.07, 6.45) is 5.04. The van der Waals surface area contributed by atoms with Crippen LogP contribution in [0.15, 0.2) is 48.1 Å². The van der Waals surface area contributed by atoms with Crippen molar-refractivity contribution in [1.82, 2.24) is 29.9 Å². The molecule has 0 atom stereocenters. The van der Waals surface area contributed by atoms with E-state index in [1.54, 1.807) is 10.9 Å². The second-order valence-electron chi connectivity index (χ2n) is 10.2. The molecule has 0 spiro atoms. The second-order valence-corrected chi connectivity index (χ2v) is 11.1. The van der Waals surface area contributed by atoms with Crippen molar-refractivity contribution < 1.29 is 9.59 Å². The molecule has 0 bridgehead atoms. The number of carbonyl (C=O) groups is 2. The molecule has 2 amide bonds. The third kappa shape index (κ3) is 6.35. The first-order valence-corrected chi connectivity index (χ1v) is 12.9. The van der Waals surface area contributed by atoms with Crippen LogP contribution in [0.25, 0.3) is 16.3 Å². The number of para-hydroxylation sites is 1. The highest BCUT2D eigenvalue weighted by molar-refractivity contribution is 7.13. The number of likely N-dealkylation sites (tertiary alicyclic amines) is 1. The lowest BCUT2D eigenvalue weighted by Gasteiger charge is -2.32. The molecule has 0 aliphatic carbocycles. The molecule has 186 valence electrons. The number of aromatic nitrogens is 3. The van der Waals surface area contributed by atoms with Crippen LogP contribution in [0.4, 0.5) is 0 Å². The van der Waals surface area contributed by atoms with Crippen LogP contribution in [0.2, 0.25) is 0 Å². The van der Waals surface area contributed by atoms with E-state index >= 15 is 0 Å². The Hall–Kier alpha value is -3.04. The summed E-state index contributed by atoms with van der Waals surface area (Å²) in [5, 5.41) is 10.1. The molecular formula is C26H34N6O2S. The third-order valence-electron chi connectivity index (χ3n) is 6.21. The van der Waals surface area contributed by atoms with Gasteiger partial charge in [0.05, 0.1) is 11.9 Å². The molecule has 8 nitrogen and oxygen atoms in total. The van der Waals surface area contributed by atoms with Gasteiger partial charge in [-0.15, -0.1) is 11.3 Å². The Morgan fingerprint density at radius 1 is 1.17 bits per heavy atom. The zero-order chi connectivity index (χ0) is 25.0. The number of rotatable bonds is 8. The molecule has 1 aromatic carbocycles. The first-order chi connectivity index (χ1) is 16.7. The molecule has 1 fully saturated rings. The molecule has 0 saturated carbocycles. The Balaban J connectivity index is 1.30. The van der Waals surface area contributed by atoms with Crippen molar-refractivity contribution in [3.63, 3.8) is 0 Å². The minimum absolute atomic E-state index is 0.00967. The number of amides is 2. The molecule has 4 rings (SSSR count). The largest absolute Gasteiger partial charge is 0.355 e. The Bertz CT molecular complexity index is 1150. The maximum absolute atomic E-state index is 13.1. The summed E-state index contributed by atoms with van der Waals surface area (Å²) in [6, 6.07) is 9.88. The van der Waals surface area contributed by atoms with Crippen molar-refractivity contribution in [3.8, 4) is 16.3 Å². The summed E-state index contributed by atoms with van der Waals surface area (Å²) in [5.41, 5.74) is 2.31. The van der Waals surface area contributed by atoms with Gasteiger partial charge in [0.25, 0.3) is 5.91 Å². The monoisotopic (exact) mass is 494 g/mol. The Kier molecular flexibility index (Phi) is 7.66. The van der Waals surface area contributed by atoms with Gasteiger partial charge in [0.15, 0.2) is 0 Å². The first kappa shape index (κ1) is 25.1. The van der Waals surface area contributed by atoms with Crippen molar-refractivity contribution in [2.24, 2.45) is 11.3 Å². The summed E-state index contributed by atoms with van der Waals surface area (Å²) in [4.78, 5) is 34.3. The van der Waals surface area contributed by atoms with Crippen molar-refractivity contribution in [2.45, 2.75) is 26.7 Å². The van der Waals surface area contributed by atoms with Crippen molar-refractivity contribution in [1.29, 1.82) is 0 Å². The van der Waals surface area contributed by atoms with Gasteiger partial charge in [0, 0.05) is 49.2 Å². The van der Waals surface area contributed by atoms with Gasteiger partial charge >= 0.3 is 0 Å². The molecule has 35 heavy (non-hydrogen) atoms. The highest BCUT2D eigenvalue weighted by Crippen LogP contribution is 2.26. The molecule has 1 saturated heterocycles. The van der Waals surface area contributed by atoms with E-state index in [4.69, 9.17) is 0 Å². The number of nitrogens with one attached hydrogen (secondary N) is 1. The molecule has 9 heteroatoms. The number of nitrogens with zero attached hydrogens (tertiary/aromatic N) is 5. The standard InChI is InChI=1S/C26H34N6O2S/c1-26(2,18-30(3)4)17-27-23(33)19-10-12-31(13-11-19)25(34)22-16-35-24(29-22)20-14-28-32(15-20)21-8-6-5-7-9-21/h5-9,14-16,19H,10-13,17-18H2,1-4H3,(H,27,33). The average molecular weight is 495 g/mol. The number of carbonyl (C=O) groups excluding carboxylic acids is 2. The highest BCUT2D eigenvalue weighted by atomic mass is 32.1. The fourth-order valence-electron chi connectivity index (χ4n) is 4.55. The summed E-state index contributed by atoms with van der Waals surface area (Å²) in [5.74, 6) is -0.0340. The van der Waals surface area contributed by atoms with Crippen LogP contribution >= 0.6 is 11.3 Å². The normalized spacial score (nSPS) is 14.9. The van der Waals surface area contributed by atoms with Gasteiger partial charge in [-0.3, -0.25) is 9.59 Å². The zero-order valence-corrected chi connectivity index (χ0v) is 21.7. The van der Waals surface area contributed by atoms with E-state index in [1.165, 1.54) is 11.3 Å². The predicted octanol–water partition coefficient (Wildman–Crippen LogP) is 3.55. The van der Waals surface area contributed by atoms with E-state index in [1.807, 2.05) is 60.9 Å². The van der Waals surface area contributed by atoms with Gasteiger partial charge in [0.2, 0.25) is 5.91 Å². The fourth-order valence-corrected chi connectivity index (χ4v) is 5.32. The molecule has 3 aromatic rings. The number of hydrogen-bond donors (Lipinski definition) is 1. The van der Waals surface area contributed by atoms with E-state index < -0.39 is 0 Å². The van der Waals surface area contributed by atoms with Gasteiger partial charge < -0.3 is 15.1 Å². The topological polar surface area (TPSA) is 83.4 Å². The van der Waals surface area contributed by atoms with Crippen LogP contribution in [0.5, 0.6) is 0 Å². The molecule has 0 unspecified atom stereocenters. The minimum atomic E-state index is -0.0751. The molecule has 2 aromatic heterocycles. The van der Waals surface area contributed by atoms with Crippen LogP contribution in [0, 0.1) is 11.3 Å². The fraction of sp³-hybridized carbons (Fsp3) is 0.462. The van der Waals surface area contributed by atoms with E-state index in [0.29, 0.717) is 38.2 Å². The average Bonchev–Trinajstić information content (AvgIpc) is 3.52. The SMILES string of the molecule is CN(C)CC(C)(C)CNC(=O)C1CCN(C(=O)c2csc(-c3cnn(-c4ccccc4)c3)n2)CC1. The van der Waals surface area contributed by atoms with Crippen LogP contribution in [-0.2, 0) is 4.79 Å². The maximum atomic E-state index is 13.1. The molecule has 1 aliphatic rings. The molecular weight excluding hydrogens is 460 g/mol. The zero-order valence-electron chi connectivity index (χ0n) is 20.9. The molecule has 3 heterocycles. The van der Waals surface area contributed by atoms with E-state index in [9.17, 15) is 9.59 Å². The first-order valence-electron chi connectivity index (χ1n) is 12.0. The van der Waals surface area contributed by atoms with Crippen molar-refractivity contribution >= 4 is 23.2 Å². The lowest BCUT2D eigenvalue weighted by molar-refractivity contribution is -0.126. The molecule has 1 N–H and O–H groups in total. The Labute approximate surface area is 211 Å². The second kappa shape index (κ2) is 10.7. The predicted molar refractivity (Wildman–Crippen MR) is 139 cm³/mol. The maximum Gasteiger partial charge on any atom is 0.273 e. The van der Waals surface area contributed by atoms with Crippen LogP contribution in [-0.4, -0.2) is 76.7 Å². The van der Waals surface area contributed by atoms with Gasteiger partial charge in [-0.2, -0.15) is 5.10 Å². The van der Waals surface area contributed by atoms with Crippen LogP contribution in [0.1, 0.15) is 37.2 Å². The number of benzene rings is 1. The summed E-state index contributed by atoms with van der Waals surface area (Å²) in [7, 11) is 4.08. The highest BCUT2D eigenvalue weighted by Gasteiger charge is 2.30. The summed E-state index contributed by atoms with van der Waals surface area (Å²) in [6.45, 7) is 6.99. The lowest BCUT2D eigenvalue weighted by atomic mass is 9.91. The molecule has 1 aliphatic heterocycles. The third-order valence-corrected chi connectivity index (χ3v) is 7.10. The number of hydrogen-bond acceptors (Lipinski definition) is 6. The van der Waals surface area contributed by atoms with E-state index in [0.717, 1.165) is 22.8 Å². The van der Waals surface area contributed by atoms with Crippen LogP contribution < -0.4 is 5.32 Å². The Morgan fingerprint density at radius 2 is 1.89 bits per heavy atom. The van der Waals surface area contributed by atoms with Crippen molar-refractivity contribution in [3.05, 3.63) is 53.8 Å². The lowest BCUT2D eigenvalue weighted by Crippen LogP contribution is -2.46. The quantitative estimate of drug-likeness (QED) is 0.518. The summed E-state index contributed by atoms with van der Waals surface area (Å²) < 4.78 is 1.80. The number of piperidine rings is 1. The van der Waals surface area contributed by atoms with Gasteiger partial charge in [-0.1, -0.05) is 32.0 Å². The van der Waals surface area contributed by atoms with Gasteiger partial charge in [-0.25, -0.2) is 9.67 Å². The van der Waals surface area contributed by atoms with Gasteiger partial charge in [-0.05, 0) is 44.5 Å². The number of thiazole rings is 1. The minimum Gasteiger partial charge on any atom is -0.355 e. The van der Waals surface area contributed by atoms with Crippen molar-refractivity contribution in [2.75, 3.05) is 40.3 Å².